The number of ketones is 1. The van der Waals surface area contributed by atoms with Crippen LogP contribution in [0.4, 0.5) is 11.4 Å². The summed E-state index contributed by atoms with van der Waals surface area (Å²) in [6.07, 6.45) is 1.04. The number of non-ortho nitro benzene ring substituents is 1. The molecule has 6 nitrogen and oxygen atoms in total. The van der Waals surface area contributed by atoms with Gasteiger partial charge in [-0.15, -0.1) is 0 Å². The smallest absolute Gasteiger partial charge is 0.271 e. The van der Waals surface area contributed by atoms with E-state index in [9.17, 15) is 19.7 Å². The molecule has 1 aliphatic carbocycles. The molecular formula is C29H26N2O4. The van der Waals surface area contributed by atoms with Crippen LogP contribution in [0.1, 0.15) is 53.4 Å². The van der Waals surface area contributed by atoms with Crippen molar-refractivity contribution in [3.8, 4) is 0 Å². The zero-order chi connectivity index (χ0) is 24.7. The van der Waals surface area contributed by atoms with Crippen LogP contribution in [0.2, 0.25) is 0 Å². The summed E-state index contributed by atoms with van der Waals surface area (Å²) in [6.45, 7) is 3.83. The topological polar surface area (TPSA) is 80.5 Å². The average Bonchev–Trinajstić information content (AvgIpc) is 2.85. The molecular weight excluding hydrogens is 440 g/mol. The van der Waals surface area contributed by atoms with E-state index in [0.717, 1.165) is 22.3 Å². The molecule has 3 aromatic carbocycles. The molecule has 6 heteroatoms. The van der Waals surface area contributed by atoms with E-state index < -0.39 is 4.92 Å². The van der Waals surface area contributed by atoms with E-state index in [-0.39, 0.29) is 35.6 Å². The molecule has 0 aromatic heterocycles. The highest BCUT2D eigenvalue weighted by Crippen LogP contribution is 2.47. The van der Waals surface area contributed by atoms with Crippen molar-refractivity contribution in [2.75, 3.05) is 4.90 Å². The van der Waals surface area contributed by atoms with Gasteiger partial charge in [0.05, 0.1) is 10.6 Å². The van der Waals surface area contributed by atoms with Crippen molar-refractivity contribution in [1.82, 2.24) is 0 Å². The van der Waals surface area contributed by atoms with Crippen LogP contribution in [0.15, 0.2) is 84.1 Å². The van der Waals surface area contributed by atoms with E-state index in [1.165, 1.54) is 12.1 Å². The number of hydrogen-bond donors (Lipinski definition) is 0. The van der Waals surface area contributed by atoms with Gasteiger partial charge in [0, 0.05) is 42.2 Å². The quantitative estimate of drug-likeness (QED) is 0.342. The van der Waals surface area contributed by atoms with Gasteiger partial charge in [0.2, 0.25) is 5.91 Å². The summed E-state index contributed by atoms with van der Waals surface area (Å²) in [7, 11) is 0. The van der Waals surface area contributed by atoms with Crippen molar-refractivity contribution in [3.05, 3.63) is 116 Å². The fourth-order valence-corrected chi connectivity index (χ4v) is 5.31. The predicted octanol–water partition coefficient (Wildman–Crippen LogP) is 6.13. The third-order valence-corrected chi connectivity index (χ3v) is 7.12. The molecule has 176 valence electrons. The fourth-order valence-electron chi connectivity index (χ4n) is 5.31. The Kier molecular flexibility index (Phi) is 5.81. The molecule has 0 saturated heterocycles. The van der Waals surface area contributed by atoms with E-state index >= 15 is 0 Å². The molecule has 5 rings (SSSR count). The van der Waals surface area contributed by atoms with Gasteiger partial charge >= 0.3 is 0 Å². The van der Waals surface area contributed by atoms with Crippen LogP contribution in [-0.4, -0.2) is 16.6 Å². The van der Waals surface area contributed by atoms with Gasteiger partial charge in [-0.25, -0.2) is 0 Å². The minimum atomic E-state index is -0.458. The maximum atomic E-state index is 13.7. The fraction of sp³-hybridized carbons (Fsp3) is 0.241. The second kappa shape index (κ2) is 8.95. The first kappa shape index (κ1) is 22.7. The lowest BCUT2D eigenvalue weighted by molar-refractivity contribution is -0.384. The number of anilines is 1. The largest absolute Gasteiger partial charge is 0.294 e. The van der Waals surface area contributed by atoms with Gasteiger partial charge in [0.15, 0.2) is 5.78 Å². The van der Waals surface area contributed by atoms with Crippen LogP contribution in [0, 0.1) is 24.0 Å². The molecule has 2 aliphatic rings. The Morgan fingerprint density at radius 1 is 0.857 bits per heavy atom. The van der Waals surface area contributed by atoms with Crippen LogP contribution in [0.3, 0.4) is 0 Å². The molecule has 3 aromatic rings. The number of nitro benzene ring substituents is 1. The highest BCUT2D eigenvalue weighted by Gasteiger charge is 2.43. The number of allylic oxidation sites excluding steroid dienone is 2. The molecule has 1 amide bonds. The number of carbonyl (C=O) groups is 2. The number of Topliss-reactive ketones (excluding diaryl/α,β-unsaturated/α-hetero) is 1. The number of rotatable bonds is 4. The summed E-state index contributed by atoms with van der Waals surface area (Å²) < 4.78 is 0. The van der Waals surface area contributed by atoms with Crippen molar-refractivity contribution < 1.29 is 14.5 Å². The Balaban J connectivity index is 1.69. The van der Waals surface area contributed by atoms with Gasteiger partial charge < -0.3 is 0 Å². The molecule has 35 heavy (non-hydrogen) atoms. The Bertz CT molecular complexity index is 1360. The zero-order valence-corrected chi connectivity index (χ0v) is 19.7. The number of amides is 1. The maximum absolute atomic E-state index is 13.7. The first-order valence-corrected chi connectivity index (χ1v) is 11.8. The van der Waals surface area contributed by atoms with Crippen LogP contribution in [-0.2, 0) is 9.59 Å². The van der Waals surface area contributed by atoms with Crippen LogP contribution in [0.25, 0.3) is 0 Å². The Morgan fingerprint density at radius 3 is 2.26 bits per heavy atom. The summed E-state index contributed by atoms with van der Waals surface area (Å²) in [4.78, 5) is 40.0. The van der Waals surface area contributed by atoms with Crippen molar-refractivity contribution in [2.45, 2.75) is 44.9 Å². The van der Waals surface area contributed by atoms with Gasteiger partial charge in [-0.2, -0.15) is 0 Å². The van der Waals surface area contributed by atoms with E-state index in [1.807, 2.05) is 68.4 Å². The lowest BCUT2D eigenvalue weighted by Gasteiger charge is -2.41. The average molecular weight is 467 g/mol. The molecule has 0 fully saturated rings. The molecule has 2 atom stereocenters. The highest BCUT2D eigenvalue weighted by molar-refractivity contribution is 6.08. The van der Waals surface area contributed by atoms with Gasteiger partial charge in [-0.1, -0.05) is 66.2 Å². The number of nitrogens with zero attached hydrogens (tertiary/aromatic N) is 2. The highest BCUT2D eigenvalue weighted by atomic mass is 16.6. The number of nitro groups is 1. The van der Waals surface area contributed by atoms with Crippen molar-refractivity contribution in [3.63, 3.8) is 0 Å². The second-order valence-corrected chi connectivity index (χ2v) is 9.42. The summed E-state index contributed by atoms with van der Waals surface area (Å²) in [5.41, 5.74) is 5.57. The second-order valence-electron chi connectivity index (χ2n) is 9.42. The minimum absolute atomic E-state index is 0.0336. The van der Waals surface area contributed by atoms with E-state index in [1.54, 1.807) is 11.0 Å². The molecule has 0 spiro atoms. The third kappa shape index (κ3) is 4.16. The zero-order valence-electron chi connectivity index (χ0n) is 19.7. The third-order valence-electron chi connectivity index (χ3n) is 7.12. The van der Waals surface area contributed by atoms with Crippen LogP contribution < -0.4 is 4.90 Å². The van der Waals surface area contributed by atoms with Crippen molar-refractivity contribution >= 4 is 23.1 Å². The molecule has 0 radical (unpaired) electrons. The standard InChI is InChI=1S/C29H26N2O4/c1-18-8-11-21(12-9-18)24-17-28(33)30(25-16-23(31(34)35)13-10-19(25)2)26-14-22(15-27(32)29(24)26)20-6-4-3-5-7-20/h3-13,16,22,24H,14-15,17H2,1-2H3. The molecule has 1 heterocycles. The SMILES string of the molecule is Cc1ccc(C2CC(=O)N(c3cc([N+](=O)[O-])ccc3C)C3=C2C(=O)CC(c2ccccc2)C3)cc1. The minimum Gasteiger partial charge on any atom is -0.294 e. The number of carbonyl (C=O) groups excluding carboxylic acids is 2. The van der Waals surface area contributed by atoms with E-state index in [4.69, 9.17) is 0 Å². The first-order valence-electron chi connectivity index (χ1n) is 11.8. The van der Waals surface area contributed by atoms with Gasteiger partial charge in [0.1, 0.15) is 0 Å². The predicted molar refractivity (Wildman–Crippen MR) is 134 cm³/mol. The van der Waals surface area contributed by atoms with Crippen molar-refractivity contribution in [1.29, 1.82) is 0 Å². The van der Waals surface area contributed by atoms with Crippen LogP contribution >= 0.6 is 0 Å². The molecule has 2 unspecified atom stereocenters. The number of benzene rings is 3. The normalized spacial score (nSPS) is 20.1. The van der Waals surface area contributed by atoms with Crippen molar-refractivity contribution in [2.24, 2.45) is 0 Å². The number of hydrogen-bond acceptors (Lipinski definition) is 4. The Morgan fingerprint density at radius 2 is 1.57 bits per heavy atom. The lowest BCUT2D eigenvalue weighted by Crippen LogP contribution is -2.42. The van der Waals surface area contributed by atoms with Gasteiger partial charge in [-0.3, -0.25) is 24.6 Å². The summed E-state index contributed by atoms with van der Waals surface area (Å²) in [6, 6.07) is 22.4. The van der Waals surface area contributed by atoms with Gasteiger partial charge in [-0.05, 0) is 42.9 Å². The van der Waals surface area contributed by atoms with Gasteiger partial charge in [0.25, 0.3) is 5.69 Å². The molecule has 1 aliphatic heterocycles. The summed E-state index contributed by atoms with van der Waals surface area (Å²) >= 11 is 0. The Hall–Kier alpha value is -4.06. The summed E-state index contributed by atoms with van der Waals surface area (Å²) in [5, 5.41) is 11.5. The molecule has 0 N–H and O–H groups in total. The Labute approximate surface area is 204 Å². The molecule has 0 bridgehead atoms. The summed E-state index contributed by atoms with van der Waals surface area (Å²) in [5.74, 6) is -0.503. The van der Waals surface area contributed by atoms with E-state index in [0.29, 0.717) is 29.8 Å². The first-order chi connectivity index (χ1) is 16.8. The molecule has 0 saturated carbocycles. The maximum Gasteiger partial charge on any atom is 0.271 e. The lowest BCUT2D eigenvalue weighted by atomic mass is 9.72. The number of aryl methyl sites for hydroxylation is 2. The van der Waals surface area contributed by atoms with Crippen LogP contribution in [0.5, 0.6) is 0 Å². The van der Waals surface area contributed by atoms with E-state index in [2.05, 4.69) is 0 Å². The monoisotopic (exact) mass is 466 g/mol.